The van der Waals surface area contributed by atoms with Crippen LogP contribution >= 0.6 is 7.82 Å². The molecule has 1 saturated carbocycles. The quantitative estimate of drug-likeness (QED) is 0.0149. The summed E-state index contributed by atoms with van der Waals surface area (Å²) in [6, 6.07) is 0. The van der Waals surface area contributed by atoms with Gasteiger partial charge in [-0.25, -0.2) is 4.57 Å². The van der Waals surface area contributed by atoms with E-state index in [0.29, 0.717) is 13.0 Å². The molecule has 0 aliphatic heterocycles. The molecule has 6 N–H and O–H groups in total. The van der Waals surface area contributed by atoms with Crippen molar-refractivity contribution in [2.75, 3.05) is 19.8 Å². The van der Waals surface area contributed by atoms with Gasteiger partial charge in [0.15, 0.2) is 0 Å². The van der Waals surface area contributed by atoms with Crippen LogP contribution in [0.3, 0.4) is 0 Å². The zero-order valence-corrected chi connectivity index (χ0v) is 37.9. The third-order valence-corrected chi connectivity index (χ3v) is 11.4. The van der Waals surface area contributed by atoms with Gasteiger partial charge >= 0.3 is 13.8 Å². The lowest BCUT2D eigenvalue weighted by Gasteiger charge is -2.41. The van der Waals surface area contributed by atoms with Crippen LogP contribution in [0.1, 0.15) is 168 Å². The number of hydrogen-bond acceptors (Lipinski definition) is 11. The second kappa shape index (κ2) is 37.6. The van der Waals surface area contributed by atoms with E-state index in [2.05, 4.69) is 74.6 Å². The van der Waals surface area contributed by atoms with Crippen LogP contribution in [0, 0.1) is 0 Å². The summed E-state index contributed by atoms with van der Waals surface area (Å²) in [5.41, 5.74) is 0. The van der Waals surface area contributed by atoms with Crippen molar-refractivity contribution >= 4 is 13.8 Å². The first-order valence-corrected chi connectivity index (χ1v) is 24.6. The molecule has 0 spiro atoms. The fourth-order valence-corrected chi connectivity index (χ4v) is 7.67. The zero-order chi connectivity index (χ0) is 44.1. The number of rotatable bonds is 38. The molecule has 0 bridgehead atoms. The third kappa shape index (κ3) is 29.4. The van der Waals surface area contributed by atoms with E-state index in [1.807, 2.05) is 0 Å². The second-order valence-corrected chi connectivity index (χ2v) is 17.3. The van der Waals surface area contributed by atoms with Crippen molar-refractivity contribution in [2.45, 2.75) is 211 Å². The predicted molar refractivity (Wildman–Crippen MR) is 239 cm³/mol. The van der Waals surface area contributed by atoms with Gasteiger partial charge in [-0.15, -0.1) is 0 Å². The molecule has 0 aromatic carbocycles. The minimum absolute atomic E-state index is 0.0933. The Morgan fingerprint density at radius 3 is 1.52 bits per heavy atom. The maximum atomic E-state index is 12.8. The largest absolute Gasteiger partial charge is 0.472 e. The highest BCUT2D eigenvalue weighted by atomic mass is 31.2. The average Bonchev–Trinajstić information content (AvgIpc) is 3.23. The fourth-order valence-electron chi connectivity index (χ4n) is 6.69. The van der Waals surface area contributed by atoms with E-state index in [0.717, 1.165) is 83.5 Å². The van der Waals surface area contributed by atoms with E-state index >= 15 is 0 Å². The molecule has 1 aliphatic rings. The number of hydrogen-bond donors (Lipinski definition) is 6. The Bertz CT molecular complexity index is 1220. The van der Waals surface area contributed by atoms with Gasteiger partial charge in [-0.2, -0.15) is 0 Å². The minimum Gasteiger partial charge on any atom is -0.457 e. The summed E-state index contributed by atoms with van der Waals surface area (Å²) >= 11 is 0. The van der Waals surface area contributed by atoms with Crippen LogP contribution in [0.4, 0.5) is 0 Å². The molecule has 13 heteroatoms. The number of aliphatic hydroxyl groups excluding tert-OH is 5. The average molecular weight is 871 g/mol. The van der Waals surface area contributed by atoms with Crippen LogP contribution in [-0.4, -0.2) is 98.9 Å². The molecule has 348 valence electrons. The highest BCUT2D eigenvalue weighted by Crippen LogP contribution is 2.47. The summed E-state index contributed by atoms with van der Waals surface area (Å²) in [7, 11) is -5.03. The van der Waals surface area contributed by atoms with Gasteiger partial charge in [0.1, 0.15) is 42.7 Å². The van der Waals surface area contributed by atoms with Crippen molar-refractivity contribution in [1.82, 2.24) is 0 Å². The topological polar surface area (TPSA) is 192 Å². The molecule has 6 unspecified atom stereocenters. The Balaban J connectivity index is 2.43. The normalized spacial score (nSPS) is 22.9. The Morgan fingerprint density at radius 2 is 0.983 bits per heavy atom. The number of ether oxygens (including phenoxy) is 2. The Hall–Kier alpha value is -1.96. The maximum absolute atomic E-state index is 12.8. The number of phosphoric acid groups is 1. The van der Waals surface area contributed by atoms with Gasteiger partial charge in [0.05, 0.1) is 13.2 Å². The van der Waals surface area contributed by atoms with Crippen molar-refractivity contribution in [2.24, 2.45) is 0 Å². The predicted octanol–water partition coefficient (Wildman–Crippen LogP) is 9.42. The Morgan fingerprint density at radius 1 is 0.550 bits per heavy atom. The molecule has 60 heavy (non-hydrogen) atoms. The van der Waals surface area contributed by atoms with E-state index in [-0.39, 0.29) is 13.0 Å². The summed E-state index contributed by atoms with van der Waals surface area (Å²) in [5.74, 6) is -0.504. The Kier molecular flexibility index (Phi) is 35.1. The number of carbonyl (C=O) groups excluding carboxylic acids is 1. The lowest BCUT2D eigenvalue weighted by atomic mass is 9.85. The van der Waals surface area contributed by atoms with Gasteiger partial charge < -0.3 is 39.9 Å². The van der Waals surface area contributed by atoms with Crippen molar-refractivity contribution in [1.29, 1.82) is 0 Å². The molecule has 0 radical (unpaired) electrons. The van der Waals surface area contributed by atoms with Crippen molar-refractivity contribution < 1.29 is 58.3 Å². The molecule has 12 nitrogen and oxygen atoms in total. The molecule has 0 heterocycles. The monoisotopic (exact) mass is 871 g/mol. The molecule has 0 aromatic rings. The molecule has 0 aromatic heterocycles. The van der Waals surface area contributed by atoms with Gasteiger partial charge in [-0.1, -0.05) is 145 Å². The summed E-state index contributed by atoms with van der Waals surface area (Å²) < 4.78 is 34.2. The molecule has 0 amide bonds. The smallest absolute Gasteiger partial charge is 0.457 e. The van der Waals surface area contributed by atoms with Crippen LogP contribution < -0.4 is 0 Å². The Labute approximate surface area is 362 Å². The highest BCUT2D eigenvalue weighted by molar-refractivity contribution is 7.47. The first-order chi connectivity index (χ1) is 29.0. The lowest BCUT2D eigenvalue weighted by molar-refractivity contribution is -0.220. The number of phosphoric ester groups is 1. The van der Waals surface area contributed by atoms with Gasteiger partial charge in [0.2, 0.25) is 0 Å². The number of carbonyl (C=O) groups is 1. The van der Waals surface area contributed by atoms with Crippen LogP contribution in [0.2, 0.25) is 0 Å². The molecule has 1 rings (SSSR count). The standard InChI is InChI=1S/C47H83O12P/c1-3-5-7-9-11-13-15-17-19-21-22-24-26-28-30-32-34-36-41(48)58-40(39-57-60(54,55)59-47-45(52)43(50)42(49)44(51)46(47)53)38-56-37-35-33-31-29-27-25-23-20-18-16-14-12-10-8-6-4-2/h5,7,11,13,17-20,22,24,40,42-47,49-53H,3-4,6,8-10,12,14-16,21,23,25-39H2,1-2H3,(H,54,55)/b7-5-,13-11-,19-17-,20-18-,24-22-. The number of unbranched alkanes of at least 4 members (excludes halogenated alkanes) is 16. The summed E-state index contributed by atoms with van der Waals surface area (Å²) in [5, 5.41) is 50.2. The van der Waals surface area contributed by atoms with Gasteiger partial charge in [0, 0.05) is 13.0 Å². The number of allylic oxidation sites excluding steroid dienone is 10. The van der Waals surface area contributed by atoms with Crippen molar-refractivity contribution in [3.63, 3.8) is 0 Å². The molecule has 1 fully saturated rings. The van der Waals surface area contributed by atoms with Gasteiger partial charge in [-0.05, 0) is 77.0 Å². The maximum Gasteiger partial charge on any atom is 0.472 e. The fraction of sp³-hybridized carbons (Fsp3) is 0.766. The molecule has 1 aliphatic carbocycles. The third-order valence-electron chi connectivity index (χ3n) is 10.4. The zero-order valence-electron chi connectivity index (χ0n) is 37.0. The molecular formula is C47H83O12P. The highest BCUT2D eigenvalue weighted by Gasteiger charge is 2.51. The lowest BCUT2D eigenvalue weighted by Crippen LogP contribution is -2.64. The van der Waals surface area contributed by atoms with Crippen LogP contribution in [-0.2, 0) is 27.9 Å². The summed E-state index contributed by atoms with van der Waals surface area (Å²) in [4.78, 5) is 23.1. The summed E-state index contributed by atoms with van der Waals surface area (Å²) in [6.45, 7) is 4.09. The number of aliphatic hydroxyl groups is 5. The SMILES string of the molecule is CC/C=C\C/C=C\C/C=C\C/C=C\CCCCCCC(=O)OC(COCCCCCCCC/C=C\CCCCCCCC)COP(=O)(O)OC1C(O)C(O)C(O)C(O)C1O. The number of esters is 1. The molecule has 6 atom stereocenters. The van der Waals surface area contributed by atoms with Crippen molar-refractivity contribution in [3.8, 4) is 0 Å². The van der Waals surface area contributed by atoms with Crippen molar-refractivity contribution in [3.05, 3.63) is 60.8 Å². The first-order valence-electron chi connectivity index (χ1n) is 23.1. The van der Waals surface area contributed by atoms with E-state index in [1.54, 1.807) is 0 Å². The van der Waals surface area contributed by atoms with E-state index in [9.17, 15) is 39.8 Å². The van der Waals surface area contributed by atoms with Gasteiger partial charge in [-0.3, -0.25) is 13.8 Å². The van der Waals surface area contributed by atoms with Crippen LogP contribution in [0.15, 0.2) is 60.8 Å². The van der Waals surface area contributed by atoms with E-state index < -0.39 is 63.1 Å². The first kappa shape index (κ1) is 56.1. The molecule has 0 saturated heterocycles. The van der Waals surface area contributed by atoms with Crippen LogP contribution in [0.5, 0.6) is 0 Å². The molecular weight excluding hydrogens is 787 g/mol. The van der Waals surface area contributed by atoms with E-state index in [1.165, 1.54) is 57.8 Å². The van der Waals surface area contributed by atoms with Crippen LogP contribution in [0.25, 0.3) is 0 Å². The van der Waals surface area contributed by atoms with Gasteiger partial charge in [0.25, 0.3) is 0 Å². The second-order valence-electron chi connectivity index (χ2n) is 15.9. The summed E-state index contributed by atoms with van der Waals surface area (Å²) in [6.07, 6.45) is 34.3. The van der Waals surface area contributed by atoms with E-state index in [4.69, 9.17) is 18.5 Å². The minimum atomic E-state index is -5.03.